The summed E-state index contributed by atoms with van der Waals surface area (Å²) in [5.74, 6) is 0.155. The van der Waals surface area contributed by atoms with Gasteiger partial charge in [0.15, 0.2) is 0 Å². The standard InChI is InChI=1S/C15H24N2O3/c18-14(19)7-6-13-8-9-17(11-13)15(20)16-10-12-4-2-1-3-5-12/h1-2,12-13H,3-11H2,(H,16,20)(H,18,19). The van der Waals surface area contributed by atoms with Gasteiger partial charge in [-0.2, -0.15) is 0 Å². The maximum atomic E-state index is 12.1. The van der Waals surface area contributed by atoms with E-state index in [0.717, 1.165) is 38.8 Å². The maximum Gasteiger partial charge on any atom is 0.317 e. The van der Waals surface area contributed by atoms with Crippen LogP contribution in [0.25, 0.3) is 0 Å². The molecule has 5 nitrogen and oxygen atoms in total. The van der Waals surface area contributed by atoms with Crippen molar-refractivity contribution in [3.63, 3.8) is 0 Å². The molecule has 1 saturated heterocycles. The van der Waals surface area contributed by atoms with Crippen LogP contribution in [0.15, 0.2) is 12.2 Å². The molecule has 0 radical (unpaired) electrons. The summed E-state index contributed by atoms with van der Waals surface area (Å²) in [5, 5.41) is 11.7. The fourth-order valence-corrected chi connectivity index (χ4v) is 2.97. The van der Waals surface area contributed by atoms with Crippen molar-refractivity contribution in [2.24, 2.45) is 11.8 Å². The highest BCUT2D eigenvalue weighted by atomic mass is 16.4. The van der Waals surface area contributed by atoms with Gasteiger partial charge in [0.2, 0.25) is 0 Å². The van der Waals surface area contributed by atoms with E-state index in [4.69, 9.17) is 5.11 Å². The van der Waals surface area contributed by atoms with E-state index in [9.17, 15) is 9.59 Å². The molecule has 0 saturated carbocycles. The molecule has 0 spiro atoms. The fourth-order valence-electron chi connectivity index (χ4n) is 2.97. The largest absolute Gasteiger partial charge is 0.481 e. The molecule has 5 heteroatoms. The number of likely N-dealkylation sites (tertiary alicyclic amines) is 1. The van der Waals surface area contributed by atoms with Crippen LogP contribution in [0, 0.1) is 11.8 Å². The molecule has 0 aromatic rings. The molecule has 0 bridgehead atoms. The van der Waals surface area contributed by atoms with Crippen molar-refractivity contribution in [3.05, 3.63) is 12.2 Å². The number of aliphatic carboxylic acids is 1. The molecule has 2 rings (SSSR count). The van der Waals surface area contributed by atoms with Crippen LogP contribution < -0.4 is 5.32 Å². The van der Waals surface area contributed by atoms with Gasteiger partial charge in [0.1, 0.15) is 0 Å². The molecule has 1 aliphatic carbocycles. The van der Waals surface area contributed by atoms with E-state index >= 15 is 0 Å². The van der Waals surface area contributed by atoms with Gasteiger partial charge >= 0.3 is 12.0 Å². The van der Waals surface area contributed by atoms with E-state index in [0.29, 0.717) is 24.8 Å². The fraction of sp³-hybridized carbons (Fsp3) is 0.733. The third-order valence-electron chi connectivity index (χ3n) is 4.26. The topological polar surface area (TPSA) is 69.6 Å². The number of nitrogens with zero attached hydrogens (tertiary/aromatic N) is 1. The Morgan fingerprint density at radius 2 is 2.10 bits per heavy atom. The summed E-state index contributed by atoms with van der Waals surface area (Å²) in [7, 11) is 0. The Morgan fingerprint density at radius 3 is 2.80 bits per heavy atom. The number of amides is 2. The lowest BCUT2D eigenvalue weighted by Gasteiger charge is -2.21. The third-order valence-corrected chi connectivity index (χ3v) is 4.26. The van der Waals surface area contributed by atoms with Gasteiger partial charge in [-0.1, -0.05) is 12.2 Å². The summed E-state index contributed by atoms with van der Waals surface area (Å²) >= 11 is 0. The quantitative estimate of drug-likeness (QED) is 0.759. The molecular formula is C15H24N2O3. The van der Waals surface area contributed by atoms with Crippen LogP contribution in [0.2, 0.25) is 0 Å². The minimum atomic E-state index is -0.752. The molecule has 20 heavy (non-hydrogen) atoms. The lowest BCUT2D eigenvalue weighted by atomic mass is 9.94. The van der Waals surface area contributed by atoms with Gasteiger partial charge in [0, 0.05) is 26.1 Å². The molecule has 1 aliphatic heterocycles. The lowest BCUT2D eigenvalue weighted by Crippen LogP contribution is -2.40. The number of hydrogen-bond acceptors (Lipinski definition) is 2. The van der Waals surface area contributed by atoms with Crippen molar-refractivity contribution >= 4 is 12.0 Å². The first-order chi connectivity index (χ1) is 9.65. The predicted molar refractivity (Wildman–Crippen MR) is 76.4 cm³/mol. The Bertz CT molecular complexity index is 381. The molecule has 1 heterocycles. The maximum absolute atomic E-state index is 12.1. The Labute approximate surface area is 120 Å². The minimum Gasteiger partial charge on any atom is -0.481 e. The van der Waals surface area contributed by atoms with Crippen LogP contribution in [0.3, 0.4) is 0 Å². The molecule has 2 aliphatic rings. The summed E-state index contributed by atoms with van der Waals surface area (Å²) in [4.78, 5) is 24.4. The molecule has 2 amide bonds. The number of urea groups is 1. The first-order valence-electron chi connectivity index (χ1n) is 7.54. The van der Waals surface area contributed by atoms with E-state index in [1.54, 1.807) is 0 Å². The Balaban J connectivity index is 1.66. The molecule has 0 aromatic heterocycles. The van der Waals surface area contributed by atoms with Crippen molar-refractivity contribution in [1.29, 1.82) is 0 Å². The molecule has 2 atom stereocenters. The molecule has 112 valence electrons. The number of allylic oxidation sites excluding steroid dienone is 2. The van der Waals surface area contributed by atoms with Gasteiger partial charge in [0.25, 0.3) is 0 Å². The van der Waals surface area contributed by atoms with E-state index in [2.05, 4.69) is 17.5 Å². The lowest BCUT2D eigenvalue weighted by molar-refractivity contribution is -0.137. The van der Waals surface area contributed by atoms with Crippen molar-refractivity contribution in [2.45, 2.75) is 38.5 Å². The van der Waals surface area contributed by atoms with Crippen molar-refractivity contribution in [1.82, 2.24) is 10.2 Å². The van der Waals surface area contributed by atoms with Gasteiger partial charge in [-0.3, -0.25) is 4.79 Å². The number of carbonyl (C=O) groups excluding carboxylic acids is 1. The summed E-state index contributed by atoms with van der Waals surface area (Å²) in [6.45, 7) is 2.20. The number of carbonyl (C=O) groups is 2. The van der Waals surface area contributed by atoms with Gasteiger partial charge in [-0.25, -0.2) is 4.79 Å². The highest BCUT2D eigenvalue weighted by Gasteiger charge is 2.26. The van der Waals surface area contributed by atoms with Crippen molar-refractivity contribution in [3.8, 4) is 0 Å². The number of rotatable bonds is 5. The van der Waals surface area contributed by atoms with Crippen LogP contribution in [0.4, 0.5) is 4.79 Å². The van der Waals surface area contributed by atoms with E-state index in [1.807, 2.05) is 4.90 Å². The highest BCUT2D eigenvalue weighted by molar-refractivity contribution is 5.74. The molecule has 0 aromatic carbocycles. The highest BCUT2D eigenvalue weighted by Crippen LogP contribution is 2.21. The first kappa shape index (κ1) is 14.9. The summed E-state index contributed by atoms with van der Waals surface area (Å²) < 4.78 is 0. The summed E-state index contributed by atoms with van der Waals surface area (Å²) in [5.41, 5.74) is 0. The second-order valence-electron chi connectivity index (χ2n) is 5.87. The zero-order valence-electron chi connectivity index (χ0n) is 11.9. The normalized spacial score (nSPS) is 25.7. The van der Waals surface area contributed by atoms with Crippen LogP contribution in [-0.2, 0) is 4.79 Å². The van der Waals surface area contributed by atoms with Gasteiger partial charge < -0.3 is 15.3 Å². The van der Waals surface area contributed by atoms with E-state index < -0.39 is 5.97 Å². The minimum absolute atomic E-state index is 0.0115. The van der Waals surface area contributed by atoms with Crippen LogP contribution in [0.1, 0.15) is 38.5 Å². The number of nitrogens with one attached hydrogen (secondary N) is 1. The molecular weight excluding hydrogens is 256 g/mol. The Kier molecular flexibility index (Phi) is 5.44. The monoisotopic (exact) mass is 280 g/mol. The first-order valence-corrected chi connectivity index (χ1v) is 7.54. The molecule has 1 fully saturated rings. The Hall–Kier alpha value is -1.52. The zero-order valence-corrected chi connectivity index (χ0v) is 11.9. The summed E-state index contributed by atoms with van der Waals surface area (Å²) in [6.07, 6.45) is 9.51. The number of carboxylic acid groups (broad SMARTS) is 1. The van der Waals surface area contributed by atoms with Gasteiger partial charge in [-0.15, -0.1) is 0 Å². The average Bonchev–Trinajstić information content (AvgIpc) is 2.92. The second-order valence-corrected chi connectivity index (χ2v) is 5.87. The van der Waals surface area contributed by atoms with Crippen molar-refractivity contribution < 1.29 is 14.7 Å². The predicted octanol–water partition coefficient (Wildman–Crippen LogP) is 2.24. The van der Waals surface area contributed by atoms with Crippen LogP contribution >= 0.6 is 0 Å². The molecule has 2 N–H and O–H groups in total. The Morgan fingerprint density at radius 1 is 1.25 bits per heavy atom. The summed E-state index contributed by atoms with van der Waals surface area (Å²) in [6, 6.07) is 0.0115. The van der Waals surface area contributed by atoms with E-state index in [1.165, 1.54) is 0 Å². The average molecular weight is 280 g/mol. The number of hydrogen-bond donors (Lipinski definition) is 2. The smallest absolute Gasteiger partial charge is 0.317 e. The third kappa shape index (κ3) is 4.54. The zero-order chi connectivity index (χ0) is 14.4. The van der Waals surface area contributed by atoms with E-state index in [-0.39, 0.29) is 12.5 Å². The van der Waals surface area contributed by atoms with Crippen LogP contribution in [-0.4, -0.2) is 41.6 Å². The van der Waals surface area contributed by atoms with Crippen molar-refractivity contribution in [2.75, 3.05) is 19.6 Å². The van der Waals surface area contributed by atoms with Gasteiger partial charge in [0.05, 0.1) is 0 Å². The number of carboxylic acids is 1. The molecule has 2 unspecified atom stereocenters. The second kappa shape index (κ2) is 7.31. The van der Waals surface area contributed by atoms with Crippen LogP contribution in [0.5, 0.6) is 0 Å². The van der Waals surface area contributed by atoms with Gasteiger partial charge in [-0.05, 0) is 43.9 Å². The SMILES string of the molecule is O=C(O)CCC1CCN(C(=O)NCC2CC=CCC2)C1.